The first-order chi connectivity index (χ1) is 12.3. The molecule has 0 spiro atoms. The Balaban J connectivity index is 1.77. The molecule has 2 aromatic rings. The molecule has 0 fully saturated rings. The Morgan fingerprint density at radius 1 is 1.00 bits per heavy atom. The minimum atomic E-state index is -0.0376. The Hall–Kier alpha value is -2.62. The van der Waals surface area contributed by atoms with E-state index in [-0.39, 0.29) is 5.91 Å². The SMILES string of the molecule is CCCCCCCC(=O)N/N=C/c1cccc(Oc2ccccc2)c1. The molecule has 132 valence electrons. The molecule has 0 aromatic heterocycles. The molecule has 0 aliphatic rings. The highest BCUT2D eigenvalue weighted by molar-refractivity contribution is 5.82. The molecule has 0 atom stereocenters. The summed E-state index contributed by atoms with van der Waals surface area (Å²) in [6.07, 6.45) is 7.82. The number of hydrazone groups is 1. The van der Waals surface area contributed by atoms with Gasteiger partial charge in [-0.15, -0.1) is 0 Å². The van der Waals surface area contributed by atoms with E-state index in [1.165, 1.54) is 19.3 Å². The van der Waals surface area contributed by atoms with Crippen LogP contribution in [-0.2, 0) is 4.79 Å². The van der Waals surface area contributed by atoms with E-state index in [4.69, 9.17) is 4.74 Å². The van der Waals surface area contributed by atoms with Crippen LogP contribution in [0, 0.1) is 0 Å². The monoisotopic (exact) mass is 338 g/mol. The molecular weight excluding hydrogens is 312 g/mol. The van der Waals surface area contributed by atoms with Crippen molar-refractivity contribution in [3.8, 4) is 11.5 Å². The minimum Gasteiger partial charge on any atom is -0.457 e. The van der Waals surface area contributed by atoms with Crippen molar-refractivity contribution in [3.63, 3.8) is 0 Å². The molecular formula is C21H26N2O2. The van der Waals surface area contributed by atoms with E-state index in [0.29, 0.717) is 6.42 Å². The van der Waals surface area contributed by atoms with Crippen LogP contribution in [0.4, 0.5) is 0 Å². The van der Waals surface area contributed by atoms with Crippen molar-refractivity contribution in [2.75, 3.05) is 0 Å². The molecule has 2 rings (SSSR count). The van der Waals surface area contributed by atoms with E-state index in [0.717, 1.165) is 29.9 Å². The number of hydrogen-bond acceptors (Lipinski definition) is 3. The number of para-hydroxylation sites is 1. The van der Waals surface area contributed by atoms with E-state index < -0.39 is 0 Å². The molecule has 4 heteroatoms. The quantitative estimate of drug-likeness (QED) is 0.363. The van der Waals surface area contributed by atoms with Gasteiger partial charge in [-0.3, -0.25) is 4.79 Å². The van der Waals surface area contributed by atoms with Crippen LogP contribution in [0.2, 0.25) is 0 Å². The highest BCUT2D eigenvalue weighted by Gasteiger charge is 2.00. The number of ether oxygens (including phenoxy) is 1. The Kier molecular flexibility index (Phi) is 8.25. The van der Waals surface area contributed by atoms with Crippen LogP contribution in [0.15, 0.2) is 59.7 Å². The standard InChI is InChI=1S/C21H26N2O2/c1-2-3-4-5-9-15-21(24)23-22-17-18-11-10-14-20(16-18)25-19-12-7-6-8-13-19/h6-8,10-14,16-17H,2-5,9,15H2,1H3,(H,23,24)/b22-17+. The van der Waals surface area contributed by atoms with Gasteiger partial charge in [0.15, 0.2) is 0 Å². The van der Waals surface area contributed by atoms with Gasteiger partial charge in [-0.05, 0) is 36.2 Å². The summed E-state index contributed by atoms with van der Waals surface area (Å²) in [6.45, 7) is 2.18. The lowest BCUT2D eigenvalue weighted by atomic mass is 10.1. The zero-order chi connectivity index (χ0) is 17.7. The van der Waals surface area contributed by atoms with Gasteiger partial charge < -0.3 is 4.74 Å². The highest BCUT2D eigenvalue weighted by atomic mass is 16.5. The van der Waals surface area contributed by atoms with Crippen molar-refractivity contribution in [2.24, 2.45) is 5.10 Å². The van der Waals surface area contributed by atoms with Crippen LogP contribution in [0.3, 0.4) is 0 Å². The van der Waals surface area contributed by atoms with Gasteiger partial charge in [-0.2, -0.15) is 5.10 Å². The third-order valence-electron chi connectivity index (χ3n) is 3.75. The Morgan fingerprint density at radius 2 is 1.76 bits per heavy atom. The summed E-state index contributed by atoms with van der Waals surface area (Å²) in [4.78, 5) is 11.7. The van der Waals surface area contributed by atoms with Crippen molar-refractivity contribution < 1.29 is 9.53 Å². The zero-order valence-corrected chi connectivity index (χ0v) is 14.8. The second-order valence-electron chi connectivity index (χ2n) is 5.94. The third kappa shape index (κ3) is 7.66. The van der Waals surface area contributed by atoms with E-state index in [1.54, 1.807) is 6.21 Å². The smallest absolute Gasteiger partial charge is 0.240 e. The lowest BCUT2D eigenvalue weighted by Gasteiger charge is -2.05. The number of hydrogen-bond donors (Lipinski definition) is 1. The predicted molar refractivity (Wildman–Crippen MR) is 102 cm³/mol. The van der Waals surface area contributed by atoms with Crippen molar-refractivity contribution in [3.05, 3.63) is 60.2 Å². The maximum absolute atomic E-state index is 11.7. The number of nitrogens with one attached hydrogen (secondary N) is 1. The summed E-state index contributed by atoms with van der Waals surface area (Å²) in [5.41, 5.74) is 3.45. The van der Waals surface area contributed by atoms with Crippen molar-refractivity contribution in [1.29, 1.82) is 0 Å². The minimum absolute atomic E-state index is 0.0376. The largest absolute Gasteiger partial charge is 0.457 e. The molecule has 0 heterocycles. The summed E-state index contributed by atoms with van der Waals surface area (Å²) < 4.78 is 5.78. The number of unbranched alkanes of at least 4 members (excludes halogenated alkanes) is 4. The van der Waals surface area contributed by atoms with E-state index in [2.05, 4.69) is 17.5 Å². The average molecular weight is 338 g/mol. The number of rotatable bonds is 10. The summed E-state index contributed by atoms with van der Waals surface area (Å²) in [7, 11) is 0. The lowest BCUT2D eigenvalue weighted by molar-refractivity contribution is -0.121. The first-order valence-electron chi connectivity index (χ1n) is 8.93. The summed E-state index contributed by atoms with van der Waals surface area (Å²) >= 11 is 0. The van der Waals surface area contributed by atoms with Crippen LogP contribution in [0.1, 0.15) is 51.0 Å². The van der Waals surface area contributed by atoms with Crippen molar-refractivity contribution >= 4 is 12.1 Å². The highest BCUT2D eigenvalue weighted by Crippen LogP contribution is 2.21. The number of benzene rings is 2. The normalized spacial score (nSPS) is 10.8. The lowest BCUT2D eigenvalue weighted by Crippen LogP contribution is -2.16. The molecule has 4 nitrogen and oxygen atoms in total. The van der Waals surface area contributed by atoms with Crippen LogP contribution in [0.5, 0.6) is 11.5 Å². The van der Waals surface area contributed by atoms with Crippen LogP contribution in [-0.4, -0.2) is 12.1 Å². The molecule has 0 saturated carbocycles. The van der Waals surface area contributed by atoms with Gasteiger partial charge in [0.25, 0.3) is 0 Å². The molecule has 1 amide bonds. The first kappa shape index (κ1) is 18.7. The average Bonchev–Trinajstić information content (AvgIpc) is 2.63. The van der Waals surface area contributed by atoms with Crippen molar-refractivity contribution in [2.45, 2.75) is 45.4 Å². The van der Waals surface area contributed by atoms with Gasteiger partial charge in [0.05, 0.1) is 6.21 Å². The molecule has 2 aromatic carbocycles. The van der Waals surface area contributed by atoms with Gasteiger partial charge in [0, 0.05) is 6.42 Å². The predicted octanol–water partition coefficient (Wildman–Crippen LogP) is 5.29. The van der Waals surface area contributed by atoms with Gasteiger partial charge in [-0.25, -0.2) is 5.43 Å². The number of amides is 1. The van der Waals surface area contributed by atoms with Crippen LogP contribution in [0.25, 0.3) is 0 Å². The first-order valence-corrected chi connectivity index (χ1v) is 8.93. The number of nitrogens with zero attached hydrogens (tertiary/aromatic N) is 1. The second kappa shape index (κ2) is 11.0. The van der Waals surface area contributed by atoms with E-state index in [1.807, 2.05) is 54.6 Å². The second-order valence-corrected chi connectivity index (χ2v) is 5.94. The van der Waals surface area contributed by atoms with Gasteiger partial charge in [0.2, 0.25) is 5.91 Å². The maximum atomic E-state index is 11.7. The molecule has 0 saturated heterocycles. The molecule has 1 N–H and O–H groups in total. The van der Waals surface area contributed by atoms with Crippen molar-refractivity contribution in [1.82, 2.24) is 5.43 Å². The number of carbonyl (C=O) groups excluding carboxylic acids is 1. The maximum Gasteiger partial charge on any atom is 0.240 e. The van der Waals surface area contributed by atoms with E-state index in [9.17, 15) is 4.79 Å². The Bertz CT molecular complexity index is 669. The van der Waals surface area contributed by atoms with Gasteiger partial charge >= 0.3 is 0 Å². The van der Waals surface area contributed by atoms with Crippen LogP contribution < -0.4 is 10.2 Å². The Morgan fingerprint density at radius 3 is 2.56 bits per heavy atom. The summed E-state index contributed by atoms with van der Waals surface area (Å²) in [6, 6.07) is 17.2. The molecule has 0 aliphatic carbocycles. The summed E-state index contributed by atoms with van der Waals surface area (Å²) in [5, 5.41) is 4.02. The molecule has 0 bridgehead atoms. The third-order valence-corrected chi connectivity index (χ3v) is 3.75. The molecule has 0 radical (unpaired) electrons. The zero-order valence-electron chi connectivity index (χ0n) is 14.8. The number of carbonyl (C=O) groups is 1. The topological polar surface area (TPSA) is 50.7 Å². The summed E-state index contributed by atoms with van der Waals surface area (Å²) in [5.74, 6) is 1.48. The Labute approximate surface area is 149 Å². The fourth-order valence-electron chi connectivity index (χ4n) is 2.41. The van der Waals surface area contributed by atoms with Gasteiger partial charge in [0.1, 0.15) is 11.5 Å². The van der Waals surface area contributed by atoms with Gasteiger partial charge in [-0.1, -0.05) is 62.9 Å². The molecule has 0 aliphatic heterocycles. The molecule has 0 unspecified atom stereocenters. The van der Waals surface area contributed by atoms with E-state index >= 15 is 0 Å². The fourth-order valence-corrected chi connectivity index (χ4v) is 2.41. The van der Waals surface area contributed by atoms with Crippen LogP contribution >= 0.6 is 0 Å². The molecule has 25 heavy (non-hydrogen) atoms. The fraction of sp³-hybridized carbons (Fsp3) is 0.333.